The van der Waals surface area contributed by atoms with Crippen molar-refractivity contribution in [1.82, 2.24) is 20.0 Å². The van der Waals surface area contributed by atoms with Gasteiger partial charge in [-0.25, -0.2) is 0 Å². The maximum Gasteiger partial charge on any atom is 0.237 e. The number of para-hydroxylation sites is 1. The molecule has 8 nitrogen and oxygen atoms in total. The highest BCUT2D eigenvalue weighted by molar-refractivity contribution is 5.88. The molecule has 1 atom stereocenters. The first-order chi connectivity index (χ1) is 13.6. The van der Waals surface area contributed by atoms with Crippen LogP contribution in [-0.2, 0) is 20.9 Å². The molecule has 3 rings (SSSR count). The molecule has 0 bridgehead atoms. The SMILES string of the molecule is COc1ccccc1CN1CCNC(=O)[C@H]1CC(=O)N1CCCN(C=O)CC1. The van der Waals surface area contributed by atoms with Crippen molar-refractivity contribution in [2.75, 3.05) is 46.4 Å². The standard InChI is InChI=1S/C20H28N4O4/c1-28-18-6-3-2-5-16(18)14-24-10-7-21-20(27)17(24)13-19(26)23-9-4-8-22(15-25)11-12-23/h2-3,5-6,15,17H,4,7-14H2,1H3,(H,21,27)/t17-/m1/s1. The van der Waals surface area contributed by atoms with E-state index in [0.29, 0.717) is 45.8 Å². The molecule has 152 valence electrons. The number of carbonyl (C=O) groups excluding carboxylic acids is 3. The number of carbonyl (C=O) groups is 3. The molecule has 1 aromatic rings. The maximum atomic E-state index is 12.9. The van der Waals surface area contributed by atoms with Crippen LogP contribution in [0.25, 0.3) is 0 Å². The second kappa shape index (κ2) is 9.54. The molecule has 2 heterocycles. The molecule has 2 saturated heterocycles. The number of benzene rings is 1. The van der Waals surface area contributed by atoms with Crippen LogP contribution < -0.4 is 10.1 Å². The molecule has 1 N–H and O–H groups in total. The molecule has 8 heteroatoms. The van der Waals surface area contributed by atoms with Gasteiger partial charge in [0.05, 0.1) is 19.6 Å². The van der Waals surface area contributed by atoms with E-state index in [4.69, 9.17) is 4.74 Å². The number of nitrogens with zero attached hydrogens (tertiary/aromatic N) is 3. The average molecular weight is 388 g/mol. The highest BCUT2D eigenvalue weighted by atomic mass is 16.5. The molecule has 3 amide bonds. The molecule has 2 aliphatic heterocycles. The molecule has 0 saturated carbocycles. The lowest BCUT2D eigenvalue weighted by molar-refractivity contribution is -0.139. The smallest absolute Gasteiger partial charge is 0.237 e. The first-order valence-corrected chi connectivity index (χ1v) is 9.73. The predicted octanol–water partition coefficient (Wildman–Crippen LogP) is 0.0764. The summed E-state index contributed by atoms with van der Waals surface area (Å²) in [5.74, 6) is 0.624. The van der Waals surface area contributed by atoms with Crippen LogP contribution in [0.2, 0.25) is 0 Å². The monoisotopic (exact) mass is 388 g/mol. The quantitative estimate of drug-likeness (QED) is 0.698. The number of methoxy groups -OCH3 is 1. The predicted molar refractivity (Wildman–Crippen MR) is 104 cm³/mol. The maximum absolute atomic E-state index is 12.9. The Morgan fingerprint density at radius 1 is 1.21 bits per heavy atom. The third-order valence-corrected chi connectivity index (χ3v) is 5.41. The number of ether oxygens (including phenoxy) is 1. The van der Waals surface area contributed by atoms with Crippen LogP contribution in [-0.4, -0.2) is 85.3 Å². The lowest BCUT2D eigenvalue weighted by Crippen LogP contribution is -2.56. The van der Waals surface area contributed by atoms with E-state index in [9.17, 15) is 14.4 Å². The number of piperazine rings is 1. The van der Waals surface area contributed by atoms with Crippen molar-refractivity contribution in [3.63, 3.8) is 0 Å². The van der Waals surface area contributed by atoms with Crippen molar-refractivity contribution >= 4 is 18.2 Å². The third-order valence-electron chi connectivity index (χ3n) is 5.41. The van der Waals surface area contributed by atoms with Gasteiger partial charge >= 0.3 is 0 Å². The van der Waals surface area contributed by atoms with E-state index < -0.39 is 6.04 Å². The van der Waals surface area contributed by atoms with Crippen molar-refractivity contribution in [3.05, 3.63) is 29.8 Å². The summed E-state index contributed by atoms with van der Waals surface area (Å²) in [6, 6.07) is 7.23. The lowest BCUT2D eigenvalue weighted by atomic mass is 10.1. The molecular formula is C20H28N4O4. The summed E-state index contributed by atoms with van der Waals surface area (Å²) in [7, 11) is 1.63. The van der Waals surface area contributed by atoms with Gasteiger partial charge in [0.15, 0.2) is 0 Å². The Hall–Kier alpha value is -2.61. The first kappa shape index (κ1) is 20.1. The van der Waals surface area contributed by atoms with Crippen LogP contribution in [0.5, 0.6) is 5.75 Å². The molecule has 28 heavy (non-hydrogen) atoms. The largest absolute Gasteiger partial charge is 0.496 e. The van der Waals surface area contributed by atoms with Crippen molar-refractivity contribution in [1.29, 1.82) is 0 Å². The fourth-order valence-electron chi connectivity index (χ4n) is 3.81. The van der Waals surface area contributed by atoms with Gasteiger partial charge in [-0.05, 0) is 12.5 Å². The molecule has 0 radical (unpaired) electrons. The minimum Gasteiger partial charge on any atom is -0.496 e. The molecule has 0 aliphatic carbocycles. The van der Waals surface area contributed by atoms with E-state index in [1.807, 2.05) is 29.2 Å². The Balaban J connectivity index is 1.67. The molecule has 0 spiro atoms. The van der Waals surface area contributed by atoms with Crippen LogP contribution >= 0.6 is 0 Å². The van der Waals surface area contributed by atoms with E-state index >= 15 is 0 Å². The van der Waals surface area contributed by atoms with Gasteiger partial charge in [0, 0.05) is 51.4 Å². The van der Waals surface area contributed by atoms with E-state index in [-0.39, 0.29) is 18.2 Å². The number of rotatable bonds is 6. The topological polar surface area (TPSA) is 82.2 Å². The fourth-order valence-corrected chi connectivity index (χ4v) is 3.81. The van der Waals surface area contributed by atoms with Crippen LogP contribution in [0.3, 0.4) is 0 Å². The first-order valence-electron chi connectivity index (χ1n) is 9.73. The summed E-state index contributed by atoms with van der Waals surface area (Å²) < 4.78 is 5.42. The Morgan fingerprint density at radius 3 is 2.82 bits per heavy atom. The van der Waals surface area contributed by atoms with E-state index in [2.05, 4.69) is 5.32 Å². The van der Waals surface area contributed by atoms with Crippen LogP contribution in [0.15, 0.2) is 24.3 Å². The zero-order chi connectivity index (χ0) is 19.9. The van der Waals surface area contributed by atoms with E-state index in [1.165, 1.54) is 0 Å². The van der Waals surface area contributed by atoms with Crippen molar-refractivity contribution in [3.8, 4) is 5.75 Å². The van der Waals surface area contributed by atoms with Gasteiger partial charge in [-0.3, -0.25) is 19.3 Å². The Labute approximate surface area is 165 Å². The second-order valence-corrected chi connectivity index (χ2v) is 7.17. The Morgan fingerprint density at radius 2 is 2.04 bits per heavy atom. The minimum atomic E-state index is -0.503. The average Bonchev–Trinajstić information content (AvgIpc) is 2.96. The molecular weight excluding hydrogens is 360 g/mol. The summed E-state index contributed by atoms with van der Waals surface area (Å²) in [6.07, 6.45) is 1.73. The summed E-state index contributed by atoms with van der Waals surface area (Å²) in [4.78, 5) is 41.9. The summed E-state index contributed by atoms with van der Waals surface area (Å²) in [5, 5.41) is 2.88. The minimum absolute atomic E-state index is 0.0418. The zero-order valence-corrected chi connectivity index (χ0v) is 16.3. The fraction of sp³-hybridized carbons (Fsp3) is 0.550. The van der Waals surface area contributed by atoms with Crippen molar-refractivity contribution in [2.45, 2.75) is 25.4 Å². The van der Waals surface area contributed by atoms with Gasteiger partial charge in [0.1, 0.15) is 5.75 Å². The van der Waals surface area contributed by atoms with Crippen LogP contribution in [0.4, 0.5) is 0 Å². The normalized spacial score (nSPS) is 21.0. The van der Waals surface area contributed by atoms with E-state index in [0.717, 1.165) is 24.1 Å². The number of nitrogens with one attached hydrogen (secondary N) is 1. The van der Waals surface area contributed by atoms with E-state index in [1.54, 1.807) is 16.9 Å². The van der Waals surface area contributed by atoms with Crippen LogP contribution in [0, 0.1) is 0 Å². The van der Waals surface area contributed by atoms with Gasteiger partial charge in [-0.2, -0.15) is 0 Å². The summed E-state index contributed by atoms with van der Waals surface area (Å²) in [5.41, 5.74) is 0.994. The summed E-state index contributed by atoms with van der Waals surface area (Å²) in [6.45, 7) is 4.13. The third kappa shape index (κ3) is 4.81. The van der Waals surface area contributed by atoms with Gasteiger partial charge < -0.3 is 19.9 Å². The van der Waals surface area contributed by atoms with Gasteiger partial charge in [-0.1, -0.05) is 18.2 Å². The molecule has 2 aliphatic rings. The second-order valence-electron chi connectivity index (χ2n) is 7.17. The van der Waals surface area contributed by atoms with Gasteiger partial charge in [0.2, 0.25) is 18.2 Å². The van der Waals surface area contributed by atoms with Gasteiger partial charge in [-0.15, -0.1) is 0 Å². The van der Waals surface area contributed by atoms with Gasteiger partial charge in [0.25, 0.3) is 0 Å². The molecule has 2 fully saturated rings. The highest BCUT2D eigenvalue weighted by Crippen LogP contribution is 2.22. The van der Waals surface area contributed by atoms with Crippen molar-refractivity contribution < 1.29 is 19.1 Å². The lowest BCUT2D eigenvalue weighted by Gasteiger charge is -2.36. The summed E-state index contributed by atoms with van der Waals surface area (Å²) >= 11 is 0. The molecule has 0 unspecified atom stereocenters. The number of amides is 3. The van der Waals surface area contributed by atoms with Crippen molar-refractivity contribution in [2.24, 2.45) is 0 Å². The zero-order valence-electron chi connectivity index (χ0n) is 16.3. The Bertz CT molecular complexity index is 711. The number of hydrogen-bond acceptors (Lipinski definition) is 5. The number of hydrogen-bond donors (Lipinski definition) is 1. The van der Waals surface area contributed by atoms with Crippen LogP contribution in [0.1, 0.15) is 18.4 Å². The Kier molecular flexibility index (Phi) is 6.86. The molecule has 0 aromatic heterocycles. The highest BCUT2D eigenvalue weighted by Gasteiger charge is 2.33. The molecule has 1 aromatic carbocycles.